The highest BCUT2D eigenvalue weighted by molar-refractivity contribution is 7.14. The molecule has 8 heteroatoms. The number of nitrogens with zero attached hydrogens (tertiary/aromatic N) is 1. The summed E-state index contributed by atoms with van der Waals surface area (Å²) in [4.78, 5) is 28.4. The monoisotopic (exact) mass is 387 g/mol. The second-order valence-corrected chi connectivity index (χ2v) is 7.01. The zero-order chi connectivity index (χ0) is 18.4. The van der Waals surface area contributed by atoms with Crippen molar-refractivity contribution in [3.05, 3.63) is 63.3 Å². The van der Waals surface area contributed by atoms with Crippen molar-refractivity contribution in [1.82, 2.24) is 10.3 Å². The number of ether oxygens (including phenoxy) is 1. The Morgan fingerprint density at radius 3 is 2.81 bits per heavy atom. The average molecular weight is 387 g/mol. The molecule has 2 amide bonds. The van der Waals surface area contributed by atoms with Crippen LogP contribution in [-0.2, 0) is 17.8 Å². The normalized spacial score (nSPS) is 10.3. The molecule has 26 heavy (non-hydrogen) atoms. The molecule has 0 atom stereocenters. The van der Waals surface area contributed by atoms with Gasteiger partial charge in [0.05, 0.1) is 24.8 Å². The van der Waals surface area contributed by atoms with Crippen molar-refractivity contribution in [3.63, 3.8) is 0 Å². The van der Waals surface area contributed by atoms with Crippen molar-refractivity contribution in [2.24, 2.45) is 0 Å². The maximum absolute atomic E-state index is 12.1. The number of hydrogen-bond donors (Lipinski definition) is 2. The van der Waals surface area contributed by atoms with Crippen LogP contribution in [0.15, 0.2) is 46.5 Å². The summed E-state index contributed by atoms with van der Waals surface area (Å²) >= 11 is 2.76. The quantitative estimate of drug-likeness (QED) is 0.652. The van der Waals surface area contributed by atoms with Crippen molar-refractivity contribution in [2.45, 2.75) is 13.0 Å². The number of benzene rings is 1. The summed E-state index contributed by atoms with van der Waals surface area (Å²) in [6.45, 7) is 0.384. The van der Waals surface area contributed by atoms with E-state index in [2.05, 4.69) is 15.6 Å². The summed E-state index contributed by atoms with van der Waals surface area (Å²) in [5.41, 5.74) is 2.12. The summed E-state index contributed by atoms with van der Waals surface area (Å²) in [5.74, 6) is 0.393. The Hall–Kier alpha value is -2.71. The van der Waals surface area contributed by atoms with E-state index in [0.29, 0.717) is 22.9 Å². The lowest BCUT2D eigenvalue weighted by Gasteiger charge is -2.09. The number of rotatable bonds is 7. The number of nitrogens with one attached hydrogen (secondary N) is 2. The molecule has 134 valence electrons. The van der Waals surface area contributed by atoms with Gasteiger partial charge in [0.1, 0.15) is 5.75 Å². The minimum atomic E-state index is -0.201. The molecular weight excluding hydrogens is 370 g/mol. The van der Waals surface area contributed by atoms with E-state index < -0.39 is 0 Å². The maximum Gasteiger partial charge on any atom is 0.258 e. The van der Waals surface area contributed by atoms with Gasteiger partial charge >= 0.3 is 0 Å². The number of carbonyl (C=O) groups excluding carboxylic acids is 2. The Morgan fingerprint density at radius 2 is 2.04 bits per heavy atom. The van der Waals surface area contributed by atoms with E-state index in [0.717, 1.165) is 11.3 Å². The zero-order valence-corrected chi connectivity index (χ0v) is 15.7. The van der Waals surface area contributed by atoms with Crippen LogP contribution in [0, 0.1) is 0 Å². The van der Waals surface area contributed by atoms with E-state index in [1.165, 1.54) is 22.7 Å². The lowest BCUT2D eigenvalue weighted by molar-refractivity contribution is -0.120. The summed E-state index contributed by atoms with van der Waals surface area (Å²) in [7, 11) is 1.60. The Balaban J connectivity index is 1.52. The van der Waals surface area contributed by atoms with Crippen molar-refractivity contribution in [1.29, 1.82) is 0 Å². The third kappa shape index (κ3) is 4.68. The minimum Gasteiger partial charge on any atom is -0.496 e. The van der Waals surface area contributed by atoms with Crippen LogP contribution in [0.4, 0.5) is 5.13 Å². The van der Waals surface area contributed by atoms with E-state index in [1.807, 2.05) is 29.6 Å². The summed E-state index contributed by atoms with van der Waals surface area (Å²) in [5, 5.41) is 11.5. The van der Waals surface area contributed by atoms with Gasteiger partial charge in [0.25, 0.3) is 5.91 Å². The fraction of sp³-hybridized carbons (Fsp3) is 0.167. The van der Waals surface area contributed by atoms with E-state index in [1.54, 1.807) is 23.9 Å². The van der Waals surface area contributed by atoms with Crippen LogP contribution in [0.25, 0.3) is 0 Å². The van der Waals surface area contributed by atoms with Crippen LogP contribution in [0.1, 0.15) is 21.6 Å². The summed E-state index contributed by atoms with van der Waals surface area (Å²) in [6.07, 6.45) is 0.153. The maximum atomic E-state index is 12.1. The highest BCUT2D eigenvalue weighted by atomic mass is 32.1. The lowest BCUT2D eigenvalue weighted by Crippen LogP contribution is -2.25. The first-order valence-corrected chi connectivity index (χ1v) is 9.64. The van der Waals surface area contributed by atoms with Crippen molar-refractivity contribution in [3.8, 4) is 5.75 Å². The molecule has 0 aliphatic heterocycles. The Kier molecular flexibility index (Phi) is 5.98. The lowest BCUT2D eigenvalue weighted by atomic mass is 10.2. The van der Waals surface area contributed by atoms with E-state index in [-0.39, 0.29) is 18.2 Å². The van der Waals surface area contributed by atoms with Gasteiger partial charge in [0, 0.05) is 22.9 Å². The molecule has 2 aromatic heterocycles. The van der Waals surface area contributed by atoms with Gasteiger partial charge in [-0.2, -0.15) is 11.3 Å². The average Bonchev–Trinajstić information content (AvgIpc) is 3.32. The number of anilines is 1. The third-order valence-electron chi connectivity index (χ3n) is 3.57. The number of aromatic nitrogens is 1. The van der Waals surface area contributed by atoms with Gasteiger partial charge in [-0.3, -0.25) is 14.9 Å². The number of hydrogen-bond acceptors (Lipinski definition) is 6. The molecule has 3 rings (SSSR count). The molecule has 3 aromatic rings. The predicted octanol–water partition coefficient (Wildman–Crippen LogP) is 3.32. The summed E-state index contributed by atoms with van der Waals surface area (Å²) < 4.78 is 5.27. The Labute approximate surface area is 158 Å². The zero-order valence-electron chi connectivity index (χ0n) is 14.0. The molecule has 6 nitrogen and oxygen atoms in total. The first kappa shape index (κ1) is 18.1. The molecule has 0 spiro atoms. The second kappa shape index (κ2) is 8.59. The molecule has 0 unspecified atom stereocenters. The SMILES string of the molecule is COc1ccccc1CNC(=O)Cc1csc(NC(=O)c2ccsc2)n1. The van der Waals surface area contributed by atoms with Gasteiger partial charge in [-0.15, -0.1) is 11.3 Å². The molecular formula is C18H17N3O3S2. The number of thiophene rings is 1. The highest BCUT2D eigenvalue weighted by Gasteiger charge is 2.12. The molecule has 0 saturated carbocycles. The van der Waals surface area contributed by atoms with Gasteiger partial charge in [-0.05, 0) is 17.5 Å². The number of carbonyl (C=O) groups is 2. The molecule has 1 aromatic carbocycles. The standard InChI is InChI=1S/C18H17N3O3S2/c1-24-15-5-3-2-4-12(15)9-19-16(22)8-14-11-26-18(20-14)21-17(23)13-6-7-25-10-13/h2-7,10-11H,8-9H2,1H3,(H,19,22)(H,20,21,23). The molecule has 0 fully saturated rings. The van der Waals surface area contributed by atoms with Crippen LogP contribution >= 0.6 is 22.7 Å². The third-order valence-corrected chi connectivity index (χ3v) is 5.06. The summed E-state index contributed by atoms with van der Waals surface area (Å²) in [6, 6.07) is 9.28. The van der Waals surface area contributed by atoms with Crippen molar-refractivity contribution < 1.29 is 14.3 Å². The van der Waals surface area contributed by atoms with Crippen LogP contribution in [0.5, 0.6) is 5.75 Å². The van der Waals surface area contributed by atoms with Crippen LogP contribution in [0.2, 0.25) is 0 Å². The first-order valence-electron chi connectivity index (χ1n) is 7.82. The molecule has 0 aliphatic rings. The van der Waals surface area contributed by atoms with Gasteiger partial charge in [0.2, 0.25) is 5.91 Å². The predicted molar refractivity (Wildman–Crippen MR) is 103 cm³/mol. The first-order chi connectivity index (χ1) is 12.7. The van der Waals surface area contributed by atoms with Gasteiger partial charge in [-0.1, -0.05) is 18.2 Å². The topological polar surface area (TPSA) is 80.3 Å². The van der Waals surface area contributed by atoms with Gasteiger partial charge in [0.15, 0.2) is 5.13 Å². The van der Waals surface area contributed by atoms with Gasteiger partial charge in [-0.25, -0.2) is 4.98 Å². The highest BCUT2D eigenvalue weighted by Crippen LogP contribution is 2.19. The van der Waals surface area contributed by atoms with Crippen molar-refractivity contribution >= 4 is 39.6 Å². The number of methoxy groups -OCH3 is 1. The molecule has 2 heterocycles. The smallest absolute Gasteiger partial charge is 0.258 e. The fourth-order valence-electron chi connectivity index (χ4n) is 2.28. The van der Waals surface area contributed by atoms with E-state index in [9.17, 15) is 9.59 Å². The Morgan fingerprint density at radius 1 is 1.19 bits per heavy atom. The Bertz CT molecular complexity index is 891. The number of thiazole rings is 1. The molecule has 2 N–H and O–H groups in total. The van der Waals surface area contributed by atoms with Crippen LogP contribution in [0.3, 0.4) is 0 Å². The molecule has 0 saturated heterocycles. The number of para-hydroxylation sites is 1. The molecule has 0 bridgehead atoms. The fourth-order valence-corrected chi connectivity index (χ4v) is 3.62. The van der Waals surface area contributed by atoms with Crippen LogP contribution < -0.4 is 15.4 Å². The second-order valence-electron chi connectivity index (χ2n) is 5.38. The van der Waals surface area contributed by atoms with Crippen molar-refractivity contribution in [2.75, 3.05) is 12.4 Å². The minimum absolute atomic E-state index is 0.142. The largest absolute Gasteiger partial charge is 0.496 e. The van der Waals surface area contributed by atoms with E-state index in [4.69, 9.17) is 4.74 Å². The van der Waals surface area contributed by atoms with Crippen LogP contribution in [-0.4, -0.2) is 23.9 Å². The molecule has 0 aliphatic carbocycles. The van der Waals surface area contributed by atoms with Gasteiger partial charge < -0.3 is 10.1 Å². The molecule has 0 radical (unpaired) electrons. The number of amides is 2. The van der Waals surface area contributed by atoms with E-state index >= 15 is 0 Å².